The highest BCUT2D eigenvalue weighted by atomic mass is 16.6. The van der Waals surface area contributed by atoms with Crippen LogP contribution in [0.2, 0.25) is 0 Å². The van der Waals surface area contributed by atoms with Crippen molar-refractivity contribution in [2.24, 2.45) is 5.73 Å². The lowest BCUT2D eigenvalue weighted by atomic mass is 10.1. The number of hydrogen-bond donors (Lipinski definition) is 1. The van der Waals surface area contributed by atoms with E-state index in [1.807, 2.05) is 18.3 Å². The molecule has 1 aromatic heterocycles. The first-order valence-electron chi connectivity index (χ1n) is 5.78. The summed E-state index contributed by atoms with van der Waals surface area (Å²) >= 11 is 0. The van der Waals surface area contributed by atoms with Gasteiger partial charge in [0.1, 0.15) is 0 Å². The zero-order chi connectivity index (χ0) is 13.0. The van der Waals surface area contributed by atoms with Crippen LogP contribution in [-0.4, -0.2) is 9.49 Å². The summed E-state index contributed by atoms with van der Waals surface area (Å²) in [6.07, 6.45) is 2.83. The van der Waals surface area contributed by atoms with Crippen LogP contribution in [0.4, 0.5) is 5.69 Å². The van der Waals surface area contributed by atoms with Gasteiger partial charge < -0.3 is 10.3 Å². The molecule has 2 rings (SSSR count). The molecule has 0 aliphatic carbocycles. The Morgan fingerprint density at radius 1 is 1.22 bits per heavy atom. The van der Waals surface area contributed by atoms with Crippen LogP contribution < -0.4 is 5.73 Å². The van der Waals surface area contributed by atoms with Gasteiger partial charge in [0, 0.05) is 37.1 Å². The van der Waals surface area contributed by atoms with Gasteiger partial charge in [0.2, 0.25) is 0 Å². The van der Waals surface area contributed by atoms with E-state index < -0.39 is 0 Å². The number of rotatable bonds is 5. The van der Waals surface area contributed by atoms with E-state index in [4.69, 9.17) is 5.73 Å². The molecule has 0 aliphatic rings. The van der Waals surface area contributed by atoms with Gasteiger partial charge in [0.05, 0.1) is 4.92 Å². The predicted octanol–water partition coefficient (Wildman–Crippen LogP) is 2.10. The van der Waals surface area contributed by atoms with E-state index >= 15 is 0 Å². The molecule has 0 atom stereocenters. The maximum absolute atomic E-state index is 10.5. The van der Waals surface area contributed by atoms with Crippen molar-refractivity contribution in [2.75, 3.05) is 0 Å². The number of non-ortho nitro benzene ring substituents is 1. The summed E-state index contributed by atoms with van der Waals surface area (Å²) in [6.45, 7) is 1.35. The van der Waals surface area contributed by atoms with Crippen molar-refractivity contribution in [1.29, 1.82) is 0 Å². The second-order valence-electron chi connectivity index (χ2n) is 4.07. The van der Waals surface area contributed by atoms with Crippen LogP contribution in [-0.2, 0) is 19.5 Å². The standard InChI is InChI=1S/C13H15N3O2/c14-10-13-2-1-8-15(13)9-7-11-3-5-12(6-4-11)16(17)18/h1-6,8H,7,9-10,14H2. The quantitative estimate of drug-likeness (QED) is 0.647. The Labute approximate surface area is 105 Å². The molecule has 1 aromatic carbocycles. The molecule has 0 saturated heterocycles. The normalized spacial score (nSPS) is 10.5. The van der Waals surface area contributed by atoms with E-state index in [0.717, 1.165) is 24.2 Å². The minimum absolute atomic E-state index is 0.127. The van der Waals surface area contributed by atoms with Gasteiger partial charge >= 0.3 is 0 Å². The Balaban J connectivity index is 2.00. The van der Waals surface area contributed by atoms with E-state index in [0.29, 0.717) is 6.54 Å². The number of nitrogens with zero attached hydrogens (tertiary/aromatic N) is 2. The van der Waals surface area contributed by atoms with E-state index in [1.54, 1.807) is 12.1 Å². The van der Waals surface area contributed by atoms with Crippen molar-refractivity contribution >= 4 is 5.69 Å². The summed E-state index contributed by atoms with van der Waals surface area (Å²) in [5, 5.41) is 10.5. The lowest BCUT2D eigenvalue weighted by Crippen LogP contribution is -2.08. The predicted molar refractivity (Wildman–Crippen MR) is 69.1 cm³/mol. The van der Waals surface area contributed by atoms with Crippen LogP contribution in [0.15, 0.2) is 42.6 Å². The third-order valence-corrected chi connectivity index (χ3v) is 2.92. The molecule has 2 aromatic rings. The van der Waals surface area contributed by atoms with E-state index in [2.05, 4.69) is 4.57 Å². The van der Waals surface area contributed by atoms with Gasteiger partial charge in [-0.15, -0.1) is 0 Å². The maximum atomic E-state index is 10.5. The van der Waals surface area contributed by atoms with Crippen LogP contribution in [0.25, 0.3) is 0 Å². The summed E-state index contributed by atoms with van der Waals surface area (Å²) in [4.78, 5) is 10.1. The number of aromatic nitrogens is 1. The highest BCUT2D eigenvalue weighted by Gasteiger charge is 2.04. The third-order valence-electron chi connectivity index (χ3n) is 2.92. The number of benzene rings is 1. The summed E-state index contributed by atoms with van der Waals surface area (Å²) in [5.74, 6) is 0. The number of nitrogens with two attached hydrogens (primary N) is 1. The van der Waals surface area contributed by atoms with Gasteiger partial charge in [0.25, 0.3) is 5.69 Å². The van der Waals surface area contributed by atoms with Gasteiger partial charge in [-0.3, -0.25) is 10.1 Å². The summed E-state index contributed by atoms with van der Waals surface area (Å²) in [6, 6.07) is 10.6. The number of hydrogen-bond acceptors (Lipinski definition) is 3. The molecule has 0 radical (unpaired) electrons. The first-order chi connectivity index (χ1) is 8.70. The van der Waals surface area contributed by atoms with Gasteiger partial charge in [-0.1, -0.05) is 12.1 Å². The molecular formula is C13H15N3O2. The minimum Gasteiger partial charge on any atom is -0.350 e. The monoisotopic (exact) mass is 245 g/mol. The summed E-state index contributed by atoms with van der Waals surface area (Å²) in [5.41, 5.74) is 7.92. The van der Waals surface area contributed by atoms with Crippen molar-refractivity contribution in [1.82, 2.24) is 4.57 Å². The Morgan fingerprint density at radius 3 is 2.56 bits per heavy atom. The van der Waals surface area contributed by atoms with Crippen molar-refractivity contribution in [3.05, 3.63) is 64.0 Å². The Kier molecular flexibility index (Phi) is 3.74. The van der Waals surface area contributed by atoms with Crippen molar-refractivity contribution in [2.45, 2.75) is 19.5 Å². The topological polar surface area (TPSA) is 74.1 Å². The summed E-state index contributed by atoms with van der Waals surface area (Å²) < 4.78 is 2.10. The SMILES string of the molecule is NCc1cccn1CCc1ccc([N+](=O)[O-])cc1. The van der Waals surface area contributed by atoms with Crippen molar-refractivity contribution < 1.29 is 4.92 Å². The van der Waals surface area contributed by atoms with Gasteiger partial charge in [-0.25, -0.2) is 0 Å². The zero-order valence-corrected chi connectivity index (χ0v) is 9.95. The van der Waals surface area contributed by atoms with Crippen LogP contribution in [0.3, 0.4) is 0 Å². The van der Waals surface area contributed by atoms with Crippen LogP contribution in [0.1, 0.15) is 11.3 Å². The fourth-order valence-corrected chi connectivity index (χ4v) is 1.89. The molecule has 94 valence electrons. The van der Waals surface area contributed by atoms with E-state index in [9.17, 15) is 10.1 Å². The second kappa shape index (κ2) is 5.46. The largest absolute Gasteiger partial charge is 0.350 e. The molecule has 0 saturated carbocycles. The first kappa shape index (κ1) is 12.3. The third kappa shape index (κ3) is 2.75. The molecule has 18 heavy (non-hydrogen) atoms. The van der Waals surface area contributed by atoms with Gasteiger partial charge in [-0.2, -0.15) is 0 Å². The molecule has 0 spiro atoms. The van der Waals surface area contributed by atoms with Gasteiger partial charge in [-0.05, 0) is 24.1 Å². The molecule has 2 N–H and O–H groups in total. The number of nitro benzene ring substituents is 1. The van der Waals surface area contributed by atoms with E-state index in [-0.39, 0.29) is 10.6 Å². The Morgan fingerprint density at radius 2 is 1.94 bits per heavy atom. The van der Waals surface area contributed by atoms with Crippen molar-refractivity contribution in [3.63, 3.8) is 0 Å². The van der Waals surface area contributed by atoms with Crippen LogP contribution >= 0.6 is 0 Å². The average molecular weight is 245 g/mol. The Hall–Kier alpha value is -2.14. The van der Waals surface area contributed by atoms with E-state index in [1.165, 1.54) is 12.1 Å². The number of aryl methyl sites for hydroxylation is 2. The highest BCUT2D eigenvalue weighted by molar-refractivity contribution is 5.32. The fourth-order valence-electron chi connectivity index (χ4n) is 1.89. The fraction of sp³-hybridized carbons (Fsp3) is 0.231. The lowest BCUT2D eigenvalue weighted by molar-refractivity contribution is -0.384. The first-order valence-corrected chi connectivity index (χ1v) is 5.78. The molecule has 0 aliphatic heterocycles. The average Bonchev–Trinajstić information content (AvgIpc) is 2.84. The molecule has 5 nitrogen and oxygen atoms in total. The maximum Gasteiger partial charge on any atom is 0.269 e. The van der Waals surface area contributed by atoms with Crippen molar-refractivity contribution in [3.8, 4) is 0 Å². The zero-order valence-electron chi connectivity index (χ0n) is 9.95. The summed E-state index contributed by atoms with van der Waals surface area (Å²) in [7, 11) is 0. The molecule has 1 heterocycles. The minimum atomic E-state index is -0.387. The molecule has 0 fully saturated rings. The molecule has 5 heteroatoms. The molecule has 0 amide bonds. The molecule has 0 unspecified atom stereocenters. The van der Waals surface area contributed by atoms with Gasteiger partial charge in [0.15, 0.2) is 0 Å². The number of nitro groups is 1. The molecule has 0 bridgehead atoms. The molecular weight excluding hydrogens is 230 g/mol. The lowest BCUT2D eigenvalue weighted by Gasteiger charge is -2.07. The Bertz CT molecular complexity index is 531. The van der Waals surface area contributed by atoms with Crippen LogP contribution in [0, 0.1) is 10.1 Å². The highest BCUT2D eigenvalue weighted by Crippen LogP contribution is 2.13. The second-order valence-corrected chi connectivity index (χ2v) is 4.07. The van der Waals surface area contributed by atoms with Crippen LogP contribution in [0.5, 0.6) is 0 Å². The smallest absolute Gasteiger partial charge is 0.269 e.